The van der Waals surface area contributed by atoms with Crippen molar-refractivity contribution in [3.63, 3.8) is 0 Å². The van der Waals surface area contributed by atoms with Crippen molar-refractivity contribution in [3.05, 3.63) is 42.5 Å². The number of aliphatic hydroxyl groups is 1. The van der Waals surface area contributed by atoms with Gasteiger partial charge in [0.15, 0.2) is 0 Å². The third-order valence-electron chi connectivity index (χ3n) is 6.20. The predicted octanol–water partition coefficient (Wildman–Crippen LogP) is 1.93. The molecule has 1 amide bonds. The van der Waals surface area contributed by atoms with Gasteiger partial charge in [0.2, 0.25) is 6.41 Å². The van der Waals surface area contributed by atoms with Crippen molar-refractivity contribution >= 4 is 17.2 Å². The lowest BCUT2D eigenvalue weighted by Gasteiger charge is -2.39. The first-order valence-corrected chi connectivity index (χ1v) is 10.6. The van der Waals surface area contributed by atoms with E-state index in [-0.39, 0.29) is 30.5 Å². The van der Waals surface area contributed by atoms with Crippen LogP contribution in [0.4, 0.5) is 0 Å². The first-order valence-electron chi connectivity index (χ1n) is 10.6. The number of hydrogen-bond acceptors (Lipinski definition) is 6. The number of hydrazine groups is 1. The van der Waals surface area contributed by atoms with Crippen LogP contribution in [0.5, 0.6) is 5.75 Å². The van der Waals surface area contributed by atoms with Gasteiger partial charge in [-0.3, -0.25) is 9.80 Å². The molecular weight excluding hydrogens is 380 g/mol. The molecule has 1 aliphatic rings. The molecule has 0 saturated carbocycles. The van der Waals surface area contributed by atoms with Crippen molar-refractivity contribution in [2.75, 3.05) is 19.6 Å². The van der Waals surface area contributed by atoms with Gasteiger partial charge < -0.3 is 21.3 Å². The summed E-state index contributed by atoms with van der Waals surface area (Å²) in [5.74, 6) is 0.798. The fourth-order valence-corrected chi connectivity index (χ4v) is 4.33. The number of carbonyl (C=O) groups is 1. The second-order valence-electron chi connectivity index (χ2n) is 8.62. The molecular formula is C23H34N4O3. The zero-order valence-corrected chi connectivity index (χ0v) is 18.1. The summed E-state index contributed by atoms with van der Waals surface area (Å²) in [6, 6.07) is 13.9. The first kappa shape index (κ1) is 22.5. The standard InChI is InChI=1S/C23H34N4O3/c1-16(2)22(30-21-10-6-8-18-7-4-5-9-20(18)21)17(3)27(15-28)26-12-11-19(13-26)23(25,29)14-24/h4-10,15-17,19,22,29H,11-14,24-25H2,1-3H3/t17-,19+,22?,23?/m1/s1. The Morgan fingerprint density at radius 1 is 1.27 bits per heavy atom. The Bertz CT molecular complexity index is 852. The van der Waals surface area contributed by atoms with E-state index in [0.29, 0.717) is 19.5 Å². The van der Waals surface area contributed by atoms with Crippen molar-refractivity contribution in [1.82, 2.24) is 10.0 Å². The maximum Gasteiger partial charge on any atom is 0.224 e. The van der Waals surface area contributed by atoms with Crippen molar-refractivity contribution < 1.29 is 14.6 Å². The minimum absolute atomic E-state index is 0.0129. The Morgan fingerprint density at radius 3 is 2.63 bits per heavy atom. The van der Waals surface area contributed by atoms with Gasteiger partial charge in [-0.25, -0.2) is 5.01 Å². The summed E-state index contributed by atoms with van der Waals surface area (Å²) < 4.78 is 6.49. The van der Waals surface area contributed by atoms with Crippen LogP contribution >= 0.6 is 0 Å². The highest BCUT2D eigenvalue weighted by molar-refractivity contribution is 5.88. The number of rotatable bonds is 9. The van der Waals surface area contributed by atoms with E-state index in [0.717, 1.165) is 22.9 Å². The summed E-state index contributed by atoms with van der Waals surface area (Å²) in [5.41, 5.74) is 10.1. The Balaban J connectivity index is 1.80. The number of carbonyl (C=O) groups excluding carboxylic acids is 1. The monoisotopic (exact) mass is 414 g/mol. The van der Waals surface area contributed by atoms with Gasteiger partial charge in [0.25, 0.3) is 0 Å². The Labute approximate surface area is 178 Å². The molecule has 0 spiro atoms. The normalized spacial score (nSPS) is 21.4. The number of amides is 1. The summed E-state index contributed by atoms with van der Waals surface area (Å²) in [5, 5.41) is 16.1. The topological polar surface area (TPSA) is 105 Å². The molecule has 2 aromatic carbocycles. The molecule has 30 heavy (non-hydrogen) atoms. The van der Waals surface area contributed by atoms with E-state index in [1.165, 1.54) is 0 Å². The molecule has 1 fully saturated rings. The number of benzene rings is 2. The molecule has 2 unspecified atom stereocenters. The molecule has 0 radical (unpaired) electrons. The van der Waals surface area contributed by atoms with Gasteiger partial charge in [0.1, 0.15) is 17.6 Å². The molecule has 1 heterocycles. The third-order valence-corrected chi connectivity index (χ3v) is 6.20. The van der Waals surface area contributed by atoms with Crippen LogP contribution in [0.2, 0.25) is 0 Å². The van der Waals surface area contributed by atoms with E-state index in [9.17, 15) is 9.90 Å². The Hall–Kier alpha value is -2.19. The van der Waals surface area contributed by atoms with Crippen LogP contribution < -0.4 is 16.2 Å². The Kier molecular flexibility index (Phi) is 6.98. The van der Waals surface area contributed by atoms with Crippen LogP contribution in [0.1, 0.15) is 27.2 Å². The lowest BCUT2D eigenvalue weighted by Crippen LogP contribution is -2.56. The number of fused-ring (bicyclic) bond motifs is 1. The summed E-state index contributed by atoms with van der Waals surface area (Å²) in [6.07, 6.45) is 1.30. The predicted molar refractivity (Wildman–Crippen MR) is 118 cm³/mol. The quantitative estimate of drug-likeness (QED) is 0.428. The van der Waals surface area contributed by atoms with Crippen molar-refractivity contribution in [2.45, 2.75) is 45.1 Å². The highest BCUT2D eigenvalue weighted by Crippen LogP contribution is 2.30. The maximum atomic E-state index is 12.1. The Morgan fingerprint density at radius 2 is 1.97 bits per heavy atom. The second kappa shape index (κ2) is 9.31. The van der Waals surface area contributed by atoms with E-state index in [1.54, 1.807) is 5.01 Å². The number of nitrogens with two attached hydrogens (primary N) is 2. The van der Waals surface area contributed by atoms with E-state index in [2.05, 4.69) is 26.0 Å². The largest absolute Gasteiger partial charge is 0.487 e. The number of nitrogens with zero attached hydrogens (tertiary/aromatic N) is 2. The van der Waals surface area contributed by atoms with Crippen LogP contribution in [-0.4, -0.2) is 59.0 Å². The van der Waals surface area contributed by atoms with Crippen molar-refractivity contribution in [2.24, 2.45) is 23.3 Å². The fourth-order valence-electron chi connectivity index (χ4n) is 4.33. The average molecular weight is 415 g/mol. The van der Waals surface area contributed by atoms with Crippen molar-refractivity contribution in [3.8, 4) is 5.75 Å². The molecule has 0 bridgehead atoms. The summed E-state index contributed by atoms with van der Waals surface area (Å²) in [7, 11) is 0. The van der Waals surface area contributed by atoms with E-state index in [4.69, 9.17) is 16.2 Å². The van der Waals surface area contributed by atoms with Gasteiger partial charge in [-0.2, -0.15) is 0 Å². The van der Waals surface area contributed by atoms with Gasteiger partial charge in [-0.15, -0.1) is 0 Å². The lowest BCUT2D eigenvalue weighted by molar-refractivity contribution is -0.145. The lowest BCUT2D eigenvalue weighted by atomic mass is 9.96. The zero-order chi connectivity index (χ0) is 21.9. The van der Waals surface area contributed by atoms with E-state index >= 15 is 0 Å². The molecule has 0 aromatic heterocycles. The smallest absolute Gasteiger partial charge is 0.224 e. The molecule has 1 saturated heterocycles. The molecule has 164 valence electrons. The molecule has 7 nitrogen and oxygen atoms in total. The molecule has 2 aromatic rings. The van der Waals surface area contributed by atoms with E-state index < -0.39 is 5.72 Å². The van der Waals surface area contributed by atoms with Gasteiger partial charge in [-0.05, 0) is 30.7 Å². The van der Waals surface area contributed by atoms with Gasteiger partial charge in [0, 0.05) is 30.9 Å². The highest BCUT2D eigenvalue weighted by atomic mass is 16.5. The zero-order valence-electron chi connectivity index (χ0n) is 18.1. The van der Waals surface area contributed by atoms with Crippen LogP contribution in [0.3, 0.4) is 0 Å². The minimum Gasteiger partial charge on any atom is -0.487 e. The molecule has 0 aliphatic carbocycles. The van der Waals surface area contributed by atoms with Crippen LogP contribution in [0.25, 0.3) is 10.8 Å². The average Bonchev–Trinajstić information content (AvgIpc) is 3.23. The third kappa shape index (κ3) is 4.59. The summed E-state index contributed by atoms with van der Waals surface area (Å²) >= 11 is 0. The molecule has 4 atom stereocenters. The first-order chi connectivity index (χ1) is 14.3. The summed E-state index contributed by atoms with van der Waals surface area (Å²) in [4.78, 5) is 12.1. The van der Waals surface area contributed by atoms with Crippen LogP contribution in [-0.2, 0) is 4.79 Å². The second-order valence-corrected chi connectivity index (χ2v) is 8.62. The molecule has 3 rings (SSSR count). The maximum absolute atomic E-state index is 12.1. The van der Waals surface area contributed by atoms with Gasteiger partial charge >= 0.3 is 0 Å². The van der Waals surface area contributed by atoms with Crippen LogP contribution in [0.15, 0.2) is 42.5 Å². The van der Waals surface area contributed by atoms with Crippen LogP contribution in [0, 0.1) is 11.8 Å². The van der Waals surface area contributed by atoms with Crippen molar-refractivity contribution in [1.29, 1.82) is 0 Å². The van der Waals surface area contributed by atoms with Gasteiger partial charge in [-0.1, -0.05) is 50.2 Å². The molecule has 5 N–H and O–H groups in total. The summed E-state index contributed by atoms with van der Waals surface area (Å²) in [6.45, 7) is 7.28. The highest BCUT2D eigenvalue weighted by Gasteiger charge is 2.40. The number of hydrogen-bond donors (Lipinski definition) is 3. The SMILES string of the molecule is CC(C)C(Oc1cccc2ccccc12)[C@@H](C)N(C=O)N1CC[C@H](C(N)(O)CN)C1. The van der Waals surface area contributed by atoms with E-state index in [1.807, 2.05) is 42.3 Å². The fraction of sp³-hybridized carbons (Fsp3) is 0.522. The molecule has 7 heteroatoms. The number of ether oxygens (including phenoxy) is 1. The molecule has 1 aliphatic heterocycles. The minimum atomic E-state index is -1.43. The van der Waals surface area contributed by atoms with Gasteiger partial charge in [0.05, 0.1) is 6.04 Å².